The molecule has 2 fully saturated rings. The van der Waals surface area contributed by atoms with Crippen LogP contribution < -0.4 is 9.54 Å². The smallest absolute Gasteiger partial charge is 0.416 e. The Balaban J connectivity index is 1.63. The third kappa shape index (κ3) is 7.42. The van der Waals surface area contributed by atoms with Gasteiger partial charge in [0.25, 0.3) is 5.91 Å². The van der Waals surface area contributed by atoms with E-state index in [2.05, 4.69) is 4.99 Å². The van der Waals surface area contributed by atoms with Crippen molar-refractivity contribution in [1.82, 2.24) is 9.47 Å². The number of likely N-dealkylation sites (tertiary alicyclic amines) is 1. The lowest BCUT2D eigenvalue weighted by molar-refractivity contribution is -0.137. The van der Waals surface area contributed by atoms with Crippen molar-refractivity contribution in [2.45, 2.75) is 70.7 Å². The molecule has 2 aliphatic heterocycles. The lowest BCUT2D eigenvalue weighted by Crippen LogP contribution is -2.38. The second-order valence-corrected chi connectivity index (χ2v) is 12.1. The number of carbonyl (C=O) groups is 2. The quantitative estimate of drug-likeness (QED) is 0.492. The van der Waals surface area contributed by atoms with E-state index in [0.29, 0.717) is 43.9 Å². The Labute approximate surface area is 229 Å². The van der Waals surface area contributed by atoms with Crippen molar-refractivity contribution in [3.63, 3.8) is 0 Å². The molecule has 39 heavy (non-hydrogen) atoms. The minimum atomic E-state index is -4.64. The molecule has 0 aliphatic carbocycles. The molecule has 0 spiro atoms. The number of aromatic nitrogens is 1. The monoisotopic (exact) mass is 569 g/mol. The second-order valence-electron chi connectivity index (χ2n) is 11.1. The number of carboxylic acid groups (broad SMARTS) is 1. The van der Waals surface area contributed by atoms with E-state index in [1.54, 1.807) is 0 Å². The molecule has 0 bridgehead atoms. The number of carbonyl (C=O) groups excluding carboxylic acids is 1. The Bertz CT molecular complexity index is 1250. The molecule has 1 aromatic heterocycles. The molecular formula is C27H34F3N3O5S. The van der Waals surface area contributed by atoms with Gasteiger partial charge in [-0.1, -0.05) is 20.8 Å². The summed E-state index contributed by atoms with van der Waals surface area (Å²) >= 11 is 1.33. The fraction of sp³-hybridized carbons (Fsp3) is 0.593. The van der Waals surface area contributed by atoms with Gasteiger partial charge in [0, 0.05) is 30.8 Å². The van der Waals surface area contributed by atoms with Gasteiger partial charge in [0.05, 0.1) is 30.4 Å². The molecule has 2 saturated heterocycles. The highest BCUT2D eigenvalue weighted by molar-refractivity contribution is 7.09. The van der Waals surface area contributed by atoms with E-state index in [4.69, 9.17) is 14.6 Å². The molecule has 4 rings (SSSR count). The van der Waals surface area contributed by atoms with Gasteiger partial charge in [-0.25, -0.2) is 4.79 Å². The number of amides is 2. The van der Waals surface area contributed by atoms with Crippen molar-refractivity contribution >= 4 is 23.3 Å². The van der Waals surface area contributed by atoms with E-state index in [0.717, 1.165) is 35.9 Å². The molecular weight excluding hydrogens is 535 g/mol. The van der Waals surface area contributed by atoms with Gasteiger partial charge >= 0.3 is 12.3 Å². The lowest BCUT2D eigenvalue weighted by Gasteiger charge is -2.29. The summed E-state index contributed by atoms with van der Waals surface area (Å²) in [7, 11) is 0. The zero-order valence-corrected chi connectivity index (χ0v) is 23.1. The summed E-state index contributed by atoms with van der Waals surface area (Å²) in [6, 6.07) is 2.84. The third-order valence-corrected chi connectivity index (χ3v) is 8.42. The number of hydrogen-bond acceptors (Lipinski definition) is 5. The molecule has 214 valence electrons. The summed E-state index contributed by atoms with van der Waals surface area (Å²) in [4.78, 5) is 31.5. The summed E-state index contributed by atoms with van der Waals surface area (Å²) < 4.78 is 54.1. The maximum Gasteiger partial charge on any atom is 0.416 e. The van der Waals surface area contributed by atoms with E-state index < -0.39 is 23.7 Å². The Morgan fingerprint density at radius 2 is 1.90 bits per heavy atom. The number of piperidine rings is 1. The van der Waals surface area contributed by atoms with Crippen molar-refractivity contribution < 1.29 is 37.3 Å². The van der Waals surface area contributed by atoms with Crippen LogP contribution in [0.3, 0.4) is 0 Å². The van der Waals surface area contributed by atoms with Crippen LogP contribution in [0.1, 0.15) is 67.3 Å². The van der Waals surface area contributed by atoms with Gasteiger partial charge in [0.2, 0.25) is 0 Å². The number of halogens is 3. The van der Waals surface area contributed by atoms with Crippen LogP contribution in [0.5, 0.6) is 5.75 Å². The number of nitrogens with zero attached hydrogens (tertiary/aromatic N) is 3. The second kappa shape index (κ2) is 11.7. The average Bonchev–Trinajstić information content (AvgIpc) is 3.52. The van der Waals surface area contributed by atoms with Gasteiger partial charge < -0.3 is 24.0 Å². The van der Waals surface area contributed by atoms with E-state index in [1.165, 1.54) is 16.2 Å². The van der Waals surface area contributed by atoms with Crippen LogP contribution in [-0.2, 0) is 22.9 Å². The van der Waals surface area contributed by atoms with Crippen molar-refractivity contribution in [2.75, 3.05) is 26.3 Å². The zero-order chi connectivity index (χ0) is 28.4. The predicted octanol–water partition coefficient (Wildman–Crippen LogP) is 5.55. The SMILES string of the molecule is CC(C)(C)c1cn(C[C@H]2CCCO2)c(=NC(=O)c2cc(C(F)(F)F)ccc2OCC2CCN(C(=O)O)CC2)s1. The Hall–Kier alpha value is -2.86. The van der Waals surface area contributed by atoms with Crippen LogP contribution in [-0.4, -0.2) is 59.0 Å². The summed E-state index contributed by atoms with van der Waals surface area (Å²) in [5.74, 6) is -0.779. The fourth-order valence-electron chi connectivity index (χ4n) is 4.60. The number of alkyl halides is 3. The average molecular weight is 570 g/mol. The third-order valence-electron chi connectivity index (χ3n) is 6.98. The Morgan fingerprint density at radius 3 is 2.49 bits per heavy atom. The lowest BCUT2D eigenvalue weighted by atomic mass is 9.95. The largest absolute Gasteiger partial charge is 0.492 e. The van der Waals surface area contributed by atoms with E-state index in [1.807, 2.05) is 31.5 Å². The fourth-order valence-corrected chi connectivity index (χ4v) is 5.65. The van der Waals surface area contributed by atoms with Crippen LogP contribution in [0.15, 0.2) is 29.4 Å². The van der Waals surface area contributed by atoms with Gasteiger partial charge in [-0.2, -0.15) is 18.2 Å². The summed E-state index contributed by atoms with van der Waals surface area (Å²) in [5, 5.41) is 9.13. The molecule has 1 aromatic carbocycles. The van der Waals surface area contributed by atoms with Gasteiger partial charge in [-0.15, -0.1) is 11.3 Å². The maximum atomic E-state index is 13.5. The zero-order valence-electron chi connectivity index (χ0n) is 22.3. The summed E-state index contributed by atoms with van der Waals surface area (Å²) in [6.07, 6.45) is -0.729. The topological polar surface area (TPSA) is 93.4 Å². The van der Waals surface area contributed by atoms with Crippen LogP contribution in [0.2, 0.25) is 0 Å². The minimum absolute atomic E-state index is 0.0125. The molecule has 0 saturated carbocycles. The van der Waals surface area contributed by atoms with Gasteiger partial charge in [-0.05, 0) is 55.2 Å². The highest BCUT2D eigenvalue weighted by Gasteiger charge is 2.32. The molecule has 1 N–H and O–H groups in total. The standard InChI is InChI=1S/C27H34F3N3O5S/c1-26(2,3)22-15-33(14-19-5-4-12-37-19)24(39-22)31-23(34)20-13-18(27(28,29)30)6-7-21(20)38-16-17-8-10-32(11-9-17)25(35)36/h6-7,13,15,17,19H,4-5,8-12,14,16H2,1-3H3,(H,35,36)/t19-/m1/s1. The van der Waals surface area contributed by atoms with Crippen molar-refractivity contribution in [3.8, 4) is 5.75 Å². The highest BCUT2D eigenvalue weighted by Crippen LogP contribution is 2.33. The number of thiazole rings is 1. The van der Waals surface area contributed by atoms with Gasteiger partial charge in [-0.3, -0.25) is 4.79 Å². The molecule has 0 radical (unpaired) electrons. The number of ether oxygens (including phenoxy) is 2. The summed E-state index contributed by atoms with van der Waals surface area (Å²) in [5.41, 5.74) is -1.43. The molecule has 3 heterocycles. The van der Waals surface area contributed by atoms with Crippen LogP contribution in [0, 0.1) is 5.92 Å². The molecule has 1 atom stereocenters. The van der Waals surface area contributed by atoms with Crippen LogP contribution in [0.4, 0.5) is 18.0 Å². The van der Waals surface area contributed by atoms with Crippen molar-refractivity contribution in [2.24, 2.45) is 10.9 Å². The normalized spacial score (nSPS) is 19.5. The molecule has 0 unspecified atom stereocenters. The number of rotatable bonds is 6. The number of hydrogen-bond donors (Lipinski definition) is 1. The van der Waals surface area contributed by atoms with Gasteiger partial charge in [0.15, 0.2) is 4.80 Å². The van der Waals surface area contributed by atoms with E-state index in [-0.39, 0.29) is 35.4 Å². The van der Waals surface area contributed by atoms with Crippen molar-refractivity contribution in [1.29, 1.82) is 0 Å². The highest BCUT2D eigenvalue weighted by atomic mass is 32.1. The molecule has 8 nitrogen and oxygen atoms in total. The summed E-state index contributed by atoms with van der Waals surface area (Å²) in [6.45, 7) is 8.17. The first-order valence-corrected chi connectivity index (χ1v) is 13.9. The molecule has 2 aromatic rings. The molecule has 2 aliphatic rings. The van der Waals surface area contributed by atoms with Crippen molar-refractivity contribution in [3.05, 3.63) is 45.2 Å². The first-order valence-electron chi connectivity index (χ1n) is 13.0. The van der Waals surface area contributed by atoms with Gasteiger partial charge in [0.1, 0.15) is 5.75 Å². The molecule has 2 amide bonds. The molecule has 12 heteroatoms. The maximum absolute atomic E-state index is 13.5. The Kier molecular flexibility index (Phi) is 8.75. The Morgan fingerprint density at radius 1 is 1.18 bits per heavy atom. The first kappa shape index (κ1) is 29.1. The number of benzene rings is 1. The van der Waals surface area contributed by atoms with E-state index in [9.17, 15) is 22.8 Å². The van der Waals surface area contributed by atoms with Crippen LogP contribution >= 0.6 is 11.3 Å². The predicted molar refractivity (Wildman–Crippen MR) is 139 cm³/mol. The van der Waals surface area contributed by atoms with E-state index >= 15 is 0 Å². The first-order chi connectivity index (χ1) is 18.3. The van der Waals surface area contributed by atoms with Crippen LogP contribution in [0.25, 0.3) is 0 Å². The minimum Gasteiger partial charge on any atom is -0.492 e.